The second kappa shape index (κ2) is 20.5. The number of alkyl halides is 3. The second-order valence-corrected chi connectivity index (χ2v) is 10.1. The molecule has 10 heteroatoms. The Morgan fingerprint density at radius 1 is 1.18 bits per heavy atom. The van der Waals surface area contributed by atoms with Crippen molar-refractivity contribution in [1.82, 2.24) is 19.8 Å². The molecule has 1 aromatic rings. The van der Waals surface area contributed by atoms with Gasteiger partial charge in [-0.05, 0) is 37.5 Å². The minimum absolute atomic E-state index is 0.106. The lowest BCUT2D eigenvalue weighted by Gasteiger charge is -2.38. The highest BCUT2D eigenvalue weighted by Crippen LogP contribution is 2.34. The Balaban J connectivity index is 0.000000974. The van der Waals surface area contributed by atoms with Gasteiger partial charge in [0.1, 0.15) is 11.4 Å². The third kappa shape index (κ3) is 14.3. The van der Waals surface area contributed by atoms with Crippen LogP contribution >= 0.6 is 0 Å². The van der Waals surface area contributed by atoms with Gasteiger partial charge in [0.25, 0.3) is 0 Å². The number of allylic oxidation sites excluding steroid dienone is 2. The molecule has 0 spiro atoms. The molecule has 0 aliphatic carbocycles. The van der Waals surface area contributed by atoms with E-state index in [4.69, 9.17) is 0 Å². The van der Waals surface area contributed by atoms with Crippen molar-refractivity contribution in [3.63, 3.8) is 0 Å². The Hall–Kier alpha value is -2.36. The zero-order valence-corrected chi connectivity index (χ0v) is 26.4. The molecule has 3 rings (SSSR count). The van der Waals surface area contributed by atoms with E-state index in [2.05, 4.69) is 46.3 Å². The van der Waals surface area contributed by atoms with E-state index in [1.807, 2.05) is 47.6 Å². The molecule has 0 unspecified atom stereocenters. The summed E-state index contributed by atoms with van der Waals surface area (Å²) in [7, 11) is 0. The number of hydrogen-bond acceptors (Lipinski definition) is 6. The smallest absolute Gasteiger partial charge is 0.369 e. The minimum Gasteiger partial charge on any atom is -0.369 e. The van der Waals surface area contributed by atoms with Crippen molar-refractivity contribution in [2.24, 2.45) is 11.8 Å². The molecule has 232 valence electrons. The summed E-state index contributed by atoms with van der Waals surface area (Å²) in [5, 5.41) is 5.72. The fourth-order valence-corrected chi connectivity index (χ4v) is 4.37. The SMILES string of the molecule is CC.CC.CC(C)CN1CC(C)C1.CC/C=C(\CC)Nc1ncc(C(F)(F)F)c(NCCCN2CCCC2=O)n1. The summed E-state index contributed by atoms with van der Waals surface area (Å²) >= 11 is 0. The molecule has 2 fully saturated rings. The molecule has 1 amide bonds. The number of hydrogen-bond donors (Lipinski definition) is 2. The topological polar surface area (TPSA) is 73.4 Å². The van der Waals surface area contributed by atoms with E-state index in [0.717, 1.165) is 43.1 Å². The first-order valence-corrected chi connectivity index (χ1v) is 15.2. The zero-order chi connectivity index (χ0) is 30.7. The highest BCUT2D eigenvalue weighted by molar-refractivity contribution is 5.78. The van der Waals surface area contributed by atoms with Crippen molar-refractivity contribution in [1.29, 1.82) is 0 Å². The van der Waals surface area contributed by atoms with Crippen molar-refractivity contribution in [2.45, 2.75) is 101 Å². The molecule has 0 atom stereocenters. The Morgan fingerprint density at radius 2 is 1.82 bits per heavy atom. The molecule has 0 saturated carbocycles. The molecule has 7 nitrogen and oxygen atoms in total. The third-order valence-electron chi connectivity index (χ3n) is 6.03. The van der Waals surface area contributed by atoms with Gasteiger partial charge in [-0.15, -0.1) is 0 Å². The number of carbonyl (C=O) groups excluding carboxylic acids is 1. The van der Waals surface area contributed by atoms with Gasteiger partial charge in [0.15, 0.2) is 0 Å². The first-order chi connectivity index (χ1) is 19.0. The van der Waals surface area contributed by atoms with Crippen LogP contribution in [0, 0.1) is 11.8 Å². The zero-order valence-electron chi connectivity index (χ0n) is 26.4. The van der Waals surface area contributed by atoms with Crippen LogP contribution in [0.3, 0.4) is 0 Å². The predicted molar refractivity (Wildman–Crippen MR) is 161 cm³/mol. The lowest BCUT2D eigenvalue weighted by Crippen LogP contribution is -2.46. The van der Waals surface area contributed by atoms with Crippen molar-refractivity contribution in [3.05, 3.63) is 23.5 Å². The third-order valence-corrected chi connectivity index (χ3v) is 6.03. The van der Waals surface area contributed by atoms with Crippen LogP contribution in [0.5, 0.6) is 0 Å². The van der Waals surface area contributed by atoms with E-state index in [9.17, 15) is 18.0 Å². The Bertz CT molecular complexity index is 854. The molecule has 3 heterocycles. The standard InChI is InChI=1S/C18H26F3N5O.C8H17N.2C2H6/c1-3-7-13(4-2)24-17-23-12-14(18(19,20)21)16(25-17)22-9-6-11-26-10-5-8-15(26)27;1-7(2)4-9-5-8(3)6-9;2*1-2/h7,12H,3-6,8-11H2,1-2H3,(H2,22,23,24,25);7-8H,4-6H2,1-3H3;2*1-2H3/b13-7+;;;. The van der Waals surface area contributed by atoms with Crippen molar-refractivity contribution in [3.8, 4) is 0 Å². The molecule has 1 aromatic heterocycles. The van der Waals surface area contributed by atoms with Crippen LogP contribution in [-0.4, -0.2) is 64.9 Å². The second-order valence-electron chi connectivity index (χ2n) is 10.1. The average Bonchev–Trinajstić information content (AvgIpc) is 3.32. The number of likely N-dealkylation sites (tertiary alicyclic amines) is 2. The fourth-order valence-electron chi connectivity index (χ4n) is 4.37. The molecule has 0 aromatic carbocycles. The number of nitrogens with zero attached hydrogens (tertiary/aromatic N) is 4. The van der Waals surface area contributed by atoms with Crippen molar-refractivity contribution < 1.29 is 18.0 Å². The Labute approximate surface area is 241 Å². The lowest BCUT2D eigenvalue weighted by atomic mass is 10.0. The Kier molecular flexibility index (Phi) is 19.3. The Morgan fingerprint density at radius 3 is 2.30 bits per heavy atom. The minimum atomic E-state index is -4.54. The largest absolute Gasteiger partial charge is 0.421 e. The molecular weight excluding hydrogens is 517 g/mol. The van der Waals surface area contributed by atoms with E-state index in [1.54, 1.807) is 4.90 Å². The molecule has 0 radical (unpaired) electrons. The molecule has 2 aliphatic heterocycles. The van der Waals surface area contributed by atoms with Crippen LogP contribution in [0.2, 0.25) is 0 Å². The van der Waals surface area contributed by atoms with E-state index in [0.29, 0.717) is 25.8 Å². The summed E-state index contributed by atoms with van der Waals surface area (Å²) in [4.78, 5) is 23.7. The average molecular weight is 573 g/mol. The van der Waals surface area contributed by atoms with Gasteiger partial charge in [-0.2, -0.15) is 18.2 Å². The van der Waals surface area contributed by atoms with E-state index < -0.39 is 11.7 Å². The quantitative estimate of drug-likeness (QED) is 0.265. The van der Waals surface area contributed by atoms with Gasteiger partial charge in [0.2, 0.25) is 11.9 Å². The summed E-state index contributed by atoms with van der Waals surface area (Å²) in [5.74, 6) is 1.79. The number of nitrogens with one attached hydrogen (secondary N) is 2. The van der Waals surface area contributed by atoms with Crippen molar-refractivity contribution in [2.75, 3.05) is 49.9 Å². The summed E-state index contributed by atoms with van der Waals surface area (Å²) in [6.07, 6.45) is 1.64. The van der Waals surface area contributed by atoms with Crippen LogP contribution in [0.15, 0.2) is 18.0 Å². The first kappa shape index (κ1) is 37.6. The highest BCUT2D eigenvalue weighted by Gasteiger charge is 2.35. The molecule has 2 N–H and O–H groups in total. The maximum atomic E-state index is 13.2. The van der Waals surface area contributed by atoms with Crippen molar-refractivity contribution >= 4 is 17.7 Å². The summed E-state index contributed by atoms with van der Waals surface area (Å²) in [6, 6.07) is 0. The lowest BCUT2D eigenvalue weighted by molar-refractivity contribution is -0.137. The summed E-state index contributed by atoms with van der Waals surface area (Å²) in [5.41, 5.74) is -0.0430. The highest BCUT2D eigenvalue weighted by atomic mass is 19.4. The summed E-state index contributed by atoms with van der Waals surface area (Å²) in [6.45, 7) is 24.3. The molecule has 0 bridgehead atoms. The molecular formula is C30H55F3N6O. The van der Waals surface area contributed by atoms with Gasteiger partial charge < -0.3 is 20.4 Å². The van der Waals surface area contributed by atoms with Crippen LogP contribution in [0.4, 0.5) is 24.9 Å². The van der Waals surface area contributed by atoms with Gasteiger partial charge in [0.05, 0.1) is 0 Å². The number of rotatable bonds is 11. The predicted octanol–water partition coefficient (Wildman–Crippen LogP) is 7.68. The van der Waals surface area contributed by atoms with Gasteiger partial charge in [-0.3, -0.25) is 4.79 Å². The van der Waals surface area contributed by atoms with Gasteiger partial charge >= 0.3 is 6.18 Å². The number of halogens is 3. The number of amides is 1. The monoisotopic (exact) mass is 572 g/mol. The van der Waals surface area contributed by atoms with Gasteiger partial charge in [-0.1, -0.05) is 68.4 Å². The van der Waals surface area contributed by atoms with E-state index >= 15 is 0 Å². The summed E-state index contributed by atoms with van der Waals surface area (Å²) < 4.78 is 39.7. The first-order valence-electron chi connectivity index (χ1n) is 15.2. The molecule has 2 aliphatic rings. The van der Waals surface area contributed by atoms with Crippen LogP contribution in [-0.2, 0) is 11.0 Å². The normalized spacial score (nSPS) is 15.8. The van der Waals surface area contributed by atoms with E-state index in [-0.39, 0.29) is 24.2 Å². The van der Waals surface area contributed by atoms with E-state index in [1.165, 1.54) is 19.6 Å². The van der Waals surface area contributed by atoms with Crippen LogP contribution in [0.1, 0.15) is 100.0 Å². The number of anilines is 2. The number of aromatic nitrogens is 2. The maximum absolute atomic E-state index is 13.2. The molecule has 40 heavy (non-hydrogen) atoms. The fraction of sp³-hybridized carbons (Fsp3) is 0.767. The van der Waals surface area contributed by atoms with Crippen LogP contribution in [0.25, 0.3) is 0 Å². The maximum Gasteiger partial charge on any atom is 0.421 e. The number of carbonyl (C=O) groups is 1. The molecule has 2 saturated heterocycles. The van der Waals surface area contributed by atoms with Gasteiger partial charge in [-0.25, -0.2) is 4.98 Å². The van der Waals surface area contributed by atoms with Crippen LogP contribution < -0.4 is 10.6 Å². The van der Waals surface area contributed by atoms with Gasteiger partial charge in [0, 0.05) is 57.6 Å².